The van der Waals surface area contributed by atoms with Crippen LogP contribution in [0, 0.1) is 17.1 Å². The van der Waals surface area contributed by atoms with Crippen molar-refractivity contribution in [1.29, 1.82) is 5.26 Å². The van der Waals surface area contributed by atoms with Crippen molar-refractivity contribution in [1.82, 2.24) is 4.98 Å². The fraction of sp³-hybridized carbons (Fsp3) is 0.364. The second-order valence-corrected chi connectivity index (χ2v) is 4.17. The fourth-order valence-corrected chi connectivity index (χ4v) is 0.969. The first-order valence-electron chi connectivity index (χ1n) is 4.62. The molecule has 16 heavy (non-hydrogen) atoms. The molecule has 0 amide bonds. The highest BCUT2D eigenvalue weighted by atomic mass is 19.1. The van der Waals surface area contributed by atoms with Crippen molar-refractivity contribution in [3.05, 3.63) is 29.3 Å². The molecular weight excluding hydrogens is 211 g/mol. The second kappa shape index (κ2) is 4.27. The maximum Gasteiger partial charge on any atom is 0.340 e. The Balaban J connectivity index is 2.95. The molecule has 0 spiro atoms. The number of aromatic nitrogens is 1. The minimum absolute atomic E-state index is 0.00794. The first-order chi connectivity index (χ1) is 7.33. The summed E-state index contributed by atoms with van der Waals surface area (Å²) in [5.74, 6) is -1.49. The van der Waals surface area contributed by atoms with E-state index in [9.17, 15) is 9.18 Å². The van der Waals surface area contributed by atoms with Crippen LogP contribution in [-0.4, -0.2) is 16.6 Å². The van der Waals surface area contributed by atoms with Crippen LogP contribution in [0.2, 0.25) is 0 Å². The maximum atomic E-state index is 13.2. The fourth-order valence-electron chi connectivity index (χ4n) is 0.969. The van der Waals surface area contributed by atoms with Crippen molar-refractivity contribution in [2.45, 2.75) is 26.4 Å². The molecule has 5 heteroatoms. The molecule has 84 valence electrons. The van der Waals surface area contributed by atoms with Crippen molar-refractivity contribution >= 4 is 5.97 Å². The van der Waals surface area contributed by atoms with Gasteiger partial charge in [-0.2, -0.15) is 5.26 Å². The summed E-state index contributed by atoms with van der Waals surface area (Å²) in [5, 5.41) is 8.47. The molecule has 1 rings (SSSR count). The number of nitriles is 1. The summed E-state index contributed by atoms with van der Waals surface area (Å²) < 4.78 is 18.2. The van der Waals surface area contributed by atoms with Crippen LogP contribution >= 0.6 is 0 Å². The van der Waals surface area contributed by atoms with Crippen molar-refractivity contribution in [3.8, 4) is 6.07 Å². The molecule has 0 unspecified atom stereocenters. The van der Waals surface area contributed by atoms with E-state index in [1.54, 1.807) is 26.8 Å². The van der Waals surface area contributed by atoms with Gasteiger partial charge in [0.1, 0.15) is 11.7 Å². The minimum Gasteiger partial charge on any atom is -0.456 e. The lowest BCUT2D eigenvalue weighted by Gasteiger charge is -2.19. The zero-order valence-corrected chi connectivity index (χ0v) is 9.24. The third-order valence-electron chi connectivity index (χ3n) is 1.58. The van der Waals surface area contributed by atoms with Gasteiger partial charge < -0.3 is 4.74 Å². The summed E-state index contributed by atoms with van der Waals surface area (Å²) in [7, 11) is 0. The zero-order chi connectivity index (χ0) is 12.3. The topological polar surface area (TPSA) is 63.0 Å². The molecule has 0 aromatic carbocycles. The molecule has 1 aromatic rings. The van der Waals surface area contributed by atoms with Crippen molar-refractivity contribution in [2.24, 2.45) is 0 Å². The van der Waals surface area contributed by atoms with E-state index >= 15 is 0 Å². The standard InChI is InChI=1S/C11H11FN2O2/c1-11(2,3)16-10(15)7-4-8(12)9(5-13)14-6-7/h4,6H,1-3H3. The Morgan fingerprint density at radius 2 is 2.19 bits per heavy atom. The Kier molecular flexibility index (Phi) is 3.23. The molecular formula is C11H11FN2O2. The molecule has 0 aliphatic rings. The number of rotatable bonds is 1. The number of pyridine rings is 1. The number of hydrogen-bond donors (Lipinski definition) is 0. The Morgan fingerprint density at radius 3 is 2.62 bits per heavy atom. The van der Waals surface area contributed by atoms with Crippen molar-refractivity contribution in [2.75, 3.05) is 0 Å². The van der Waals surface area contributed by atoms with E-state index in [1.165, 1.54) is 0 Å². The number of esters is 1. The highest BCUT2D eigenvalue weighted by molar-refractivity contribution is 5.89. The van der Waals surface area contributed by atoms with Gasteiger partial charge in [-0.1, -0.05) is 0 Å². The van der Waals surface area contributed by atoms with Gasteiger partial charge in [0.15, 0.2) is 11.5 Å². The van der Waals surface area contributed by atoms with E-state index < -0.39 is 17.4 Å². The molecule has 0 aliphatic heterocycles. The summed E-state index contributed by atoms with van der Waals surface area (Å²) in [6.07, 6.45) is 1.12. The lowest BCUT2D eigenvalue weighted by molar-refractivity contribution is 0.00685. The van der Waals surface area contributed by atoms with Crippen LogP contribution in [0.5, 0.6) is 0 Å². The number of halogens is 1. The van der Waals surface area contributed by atoms with Gasteiger partial charge in [-0.15, -0.1) is 0 Å². The first-order valence-corrected chi connectivity index (χ1v) is 4.62. The molecule has 0 atom stereocenters. The molecule has 0 saturated heterocycles. The highest BCUT2D eigenvalue weighted by Gasteiger charge is 2.19. The summed E-state index contributed by atoms with van der Waals surface area (Å²) in [6.45, 7) is 5.12. The summed E-state index contributed by atoms with van der Waals surface area (Å²) in [6, 6.07) is 2.52. The van der Waals surface area contributed by atoms with Crippen LogP contribution in [-0.2, 0) is 4.74 Å². The maximum absolute atomic E-state index is 13.2. The summed E-state index contributed by atoms with van der Waals surface area (Å²) in [5.41, 5.74) is -1.000. The van der Waals surface area contributed by atoms with Gasteiger partial charge >= 0.3 is 5.97 Å². The third-order valence-corrected chi connectivity index (χ3v) is 1.58. The van der Waals surface area contributed by atoms with Crippen molar-refractivity contribution < 1.29 is 13.9 Å². The summed E-state index contributed by atoms with van der Waals surface area (Å²) in [4.78, 5) is 15.0. The Labute approximate surface area is 92.7 Å². The molecule has 1 heterocycles. The quantitative estimate of drug-likeness (QED) is 0.682. The predicted molar refractivity (Wildman–Crippen MR) is 54.1 cm³/mol. The lowest BCUT2D eigenvalue weighted by Crippen LogP contribution is -2.24. The molecule has 4 nitrogen and oxygen atoms in total. The lowest BCUT2D eigenvalue weighted by atomic mass is 10.2. The van der Waals surface area contributed by atoms with Crippen LogP contribution < -0.4 is 0 Å². The van der Waals surface area contributed by atoms with E-state index in [-0.39, 0.29) is 11.3 Å². The monoisotopic (exact) mass is 222 g/mol. The molecule has 0 N–H and O–H groups in total. The van der Waals surface area contributed by atoms with Crippen molar-refractivity contribution in [3.63, 3.8) is 0 Å². The number of carbonyl (C=O) groups is 1. The van der Waals surface area contributed by atoms with E-state index in [2.05, 4.69) is 4.98 Å². The molecule has 0 saturated carbocycles. The van der Waals surface area contributed by atoms with Crippen LogP contribution in [0.25, 0.3) is 0 Å². The number of nitrogens with zero attached hydrogens (tertiary/aromatic N) is 2. The molecule has 0 fully saturated rings. The van der Waals surface area contributed by atoms with Gasteiger partial charge in [-0.3, -0.25) is 0 Å². The van der Waals surface area contributed by atoms with Gasteiger partial charge in [-0.05, 0) is 26.8 Å². The predicted octanol–water partition coefficient (Wildman–Crippen LogP) is 2.05. The molecule has 0 bridgehead atoms. The van der Waals surface area contributed by atoms with Crippen LogP contribution in [0.4, 0.5) is 4.39 Å². The van der Waals surface area contributed by atoms with Gasteiger partial charge in [0.2, 0.25) is 0 Å². The van der Waals surface area contributed by atoms with E-state index in [0.717, 1.165) is 12.3 Å². The van der Waals surface area contributed by atoms with Crippen LogP contribution in [0.15, 0.2) is 12.3 Å². The van der Waals surface area contributed by atoms with Gasteiger partial charge in [0.25, 0.3) is 0 Å². The average Bonchev–Trinajstić information content (AvgIpc) is 2.15. The third kappa shape index (κ3) is 3.02. The minimum atomic E-state index is -0.828. The number of ether oxygens (including phenoxy) is 1. The smallest absolute Gasteiger partial charge is 0.340 e. The highest BCUT2D eigenvalue weighted by Crippen LogP contribution is 2.13. The van der Waals surface area contributed by atoms with E-state index in [4.69, 9.17) is 10.00 Å². The molecule has 0 radical (unpaired) electrons. The van der Waals surface area contributed by atoms with Crippen LogP contribution in [0.1, 0.15) is 36.8 Å². The average molecular weight is 222 g/mol. The van der Waals surface area contributed by atoms with E-state index in [0.29, 0.717) is 0 Å². The summed E-state index contributed by atoms with van der Waals surface area (Å²) >= 11 is 0. The number of carbonyl (C=O) groups excluding carboxylic acids is 1. The van der Waals surface area contributed by atoms with Gasteiger partial charge in [-0.25, -0.2) is 14.2 Å². The SMILES string of the molecule is CC(C)(C)OC(=O)c1cnc(C#N)c(F)c1. The Morgan fingerprint density at radius 1 is 1.56 bits per heavy atom. The van der Waals surface area contributed by atoms with Gasteiger partial charge in [0, 0.05) is 6.20 Å². The molecule has 1 aromatic heterocycles. The first kappa shape index (κ1) is 12.1. The second-order valence-electron chi connectivity index (χ2n) is 4.17. The van der Waals surface area contributed by atoms with Gasteiger partial charge in [0.05, 0.1) is 5.56 Å². The molecule has 0 aliphatic carbocycles. The Hall–Kier alpha value is -1.96. The Bertz CT molecular complexity index is 458. The largest absolute Gasteiger partial charge is 0.456 e. The normalized spacial score (nSPS) is 10.7. The number of hydrogen-bond acceptors (Lipinski definition) is 4. The van der Waals surface area contributed by atoms with Crippen LogP contribution in [0.3, 0.4) is 0 Å². The van der Waals surface area contributed by atoms with E-state index in [1.807, 2.05) is 0 Å². The zero-order valence-electron chi connectivity index (χ0n) is 9.24.